The summed E-state index contributed by atoms with van der Waals surface area (Å²) in [5, 5.41) is 10.8. The van der Waals surface area contributed by atoms with Crippen LogP contribution < -0.4 is 0 Å². The maximum atomic E-state index is 13.5. The smallest absolute Gasteiger partial charge is 0.325 e. The largest absolute Gasteiger partial charge is 0.480 e. The van der Waals surface area contributed by atoms with Crippen LogP contribution in [-0.2, 0) is 4.79 Å². The Labute approximate surface area is 147 Å². The van der Waals surface area contributed by atoms with Gasteiger partial charge in [0, 0.05) is 35.2 Å². The number of carboxylic acid groups (broad SMARTS) is 1. The van der Waals surface area contributed by atoms with Crippen LogP contribution in [-0.4, -0.2) is 33.5 Å². The number of halogens is 1. The van der Waals surface area contributed by atoms with Crippen LogP contribution >= 0.6 is 0 Å². The molecular weight excluding hydrogens is 319 g/mol. The molecule has 4 nitrogen and oxygen atoms in total. The van der Waals surface area contributed by atoms with E-state index in [9.17, 15) is 14.3 Å². The first-order chi connectivity index (χ1) is 11.7. The normalized spacial score (nSPS) is 29.8. The number of fused-ring (bicyclic) bond motifs is 3. The Morgan fingerprint density at radius 1 is 1.36 bits per heavy atom. The lowest BCUT2D eigenvalue weighted by Crippen LogP contribution is -2.39. The van der Waals surface area contributed by atoms with Gasteiger partial charge >= 0.3 is 5.97 Å². The van der Waals surface area contributed by atoms with E-state index in [-0.39, 0.29) is 22.7 Å². The van der Waals surface area contributed by atoms with E-state index < -0.39 is 12.0 Å². The fraction of sp³-hybridized carbons (Fsp3) is 0.550. The van der Waals surface area contributed by atoms with Gasteiger partial charge in [-0.15, -0.1) is 0 Å². The summed E-state index contributed by atoms with van der Waals surface area (Å²) in [6.45, 7) is 7.65. The van der Waals surface area contributed by atoms with Gasteiger partial charge in [0.1, 0.15) is 11.9 Å². The van der Waals surface area contributed by atoms with E-state index in [0.717, 1.165) is 36.8 Å². The number of rotatable bonds is 3. The number of aromatic amines is 1. The molecule has 1 saturated carbocycles. The maximum absolute atomic E-state index is 13.5. The minimum Gasteiger partial charge on any atom is -0.480 e. The third-order valence-corrected chi connectivity index (χ3v) is 5.99. The molecule has 2 N–H and O–H groups in total. The van der Waals surface area contributed by atoms with Crippen molar-refractivity contribution in [3.05, 3.63) is 35.8 Å². The highest BCUT2D eigenvalue weighted by molar-refractivity contribution is 5.89. The van der Waals surface area contributed by atoms with Crippen molar-refractivity contribution in [2.75, 3.05) is 6.54 Å². The lowest BCUT2D eigenvalue weighted by Gasteiger charge is -2.40. The Morgan fingerprint density at radius 2 is 2.12 bits per heavy atom. The monoisotopic (exact) mass is 344 g/mol. The van der Waals surface area contributed by atoms with E-state index in [1.807, 2.05) is 0 Å². The topological polar surface area (TPSA) is 56.3 Å². The van der Waals surface area contributed by atoms with Crippen LogP contribution in [0, 0.1) is 16.6 Å². The van der Waals surface area contributed by atoms with E-state index in [0.29, 0.717) is 5.52 Å². The first kappa shape index (κ1) is 16.6. The third-order valence-electron chi connectivity index (χ3n) is 5.99. The summed E-state index contributed by atoms with van der Waals surface area (Å²) >= 11 is 0. The van der Waals surface area contributed by atoms with Crippen molar-refractivity contribution in [3.8, 4) is 0 Å². The molecule has 2 aliphatic rings. The molecule has 0 radical (unpaired) electrons. The third kappa shape index (κ3) is 2.74. The highest BCUT2D eigenvalue weighted by atomic mass is 19.1. The van der Waals surface area contributed by atoms with Crippen LogP contribution in [0.15, 0.2) is 24.4 Å². The van der Waals surface area contributed by atoms with Gasteiger partial charge in [-0.2, -0.15) is 0 Å². The predicted molar refractivity (Wildman–Crippen MR) is 94.9 cm³/mol. The van der Waals surface area contributed by atoms with Crippen molar-refractivity contribution >= 4 is 16.9 Å². The molecule has 2 fully saturated rings. The summed E-state index contributed by atoms with van der Waals surface area (Å²) in [5.74, 6) is -1.15. The molecule has 3 atom stereocenters. The van der Waals surface area contributed by atoms with Crippen LogP contribution in [0.1, 0.15) is 51.6 Å². The number of nitrogens with zero attached hydrogens (tertiary/aromatic N) is 1. The predicted octanol–water partition coefficient (Wildman–Crippen LogP) is 4.33. The van der Waals surface area contributed by atoms with Gasteiger partial charge in [0.25, 0.3) is 0 Å². The minimum atomic E-state index is -0.834. The van der Waals surface area contributed by atoms with Gasteiger partial charge in [0.05, 0.1) is 0 Å². The molecule has 2 aromatic rings. The van der Waals surface area contributed by atoms with Gasteiger partial charge in [-0.3, -0.25) is 9.69 Å². The standard InChI is InChI=1S/C20H25FN2O2/c1-19(2)7-13-8-20(3,10-19)11-23(13)17(18(24)25)15-9-22-16-6-12(21)4-5-14(15)16/h4-6,9,13,17,22H,7-8,10-11H2,1-3H3,(H,24,25)/t13-,17+,20-/m0/s1. The summed E-state index contributed by atoms with van der Waals surface area (Å²) in [4.78, 5) is 17.4. The molecule has 0 spiro atoms. The number of nitrogens with one attached hydrogen (secondary N) is 1. The molecule has 1 aromatic carbocycles. The van der Waals surface area contributed by atoms with Crippen LogP contribution in [0.25, 0.3) is 10.9 Å². The fourth-order valence-electron chi connectivity index (χ4n) is 5.61. The second-order valence-corrected chi connectivity index (χ2v) is 9.06. The maximum Gasteiger partial charge on any atom is 0.325 e. The molecule has 5 heteroatoms. The Morgan fingerprint density at radius 3 is 2.84 bits per heavy atom. The van der Waals surface area contributed by atoms with Crippen molar-refractivity contribution in [1.29, 1.82) is 0 Å². The lowest BCUT2D eigenvalue weighted by molar-refractivity contribution is -0.144. The summed E-state index contributed by atoms with van der Waals surface area (Å²) in [6, 6.07) is 4.08. The second-order valence-electron chi connectivity index (χ2n) is 9.06. The molecule has 134 valence electrons. The van der Waals surface area contributed by atoms with Crippen molar-refractivity contribution in [3.63, 3.8) is 0 Å². The highest BCUT2D eigenvalue weighted by Crippen LogP contribution is 2.54. The molecule has 0 amide bonds. The molecular formula is C20H25FN2O2. The SMILES string of the molecule is CC1(C)C[C@H]2C[C@](C)(CN2[C@@H](C(=O)O)c2c[nH]c3cc(F)ccc23)C1. The first-order valence-corrected chi connectivity index (χ1v) is 8.93. The van der Waals surface area contributed by atoms with Crippen molar-refractivity contribution in [1.82, 2.24) is 9.88 Å². The Balaban J connectivity index is 1.76. The zero-order valence-corrected chi connectivity index (χ0v) is 15.0. The van der Waals surface area contributed by atoms with Crippen LogP contribution in [0.2, 0.25) is 0 Å². The van der Waals surface area contributed by atoms with Crippen molar-refractivity contribution < 1.29 is 14.3 Å². The summed E-state index contributed by atoms with van der Waals surface area (Å²) in [5.41, 5.74) is 1.78. The van der Waals surface area contributed by atoms with E-state index in [1.165, 1.54) is 12.1 Å². The van der Waals surface area contributed by atoms with Gasteiger partial charge in [-0.05, 0) is 48.3 Å². The Bertz CT molecular complexity index is 843. The van der Waals surface area contributed by atoms with Gasteiger partial charge in [0.15, 0.2) is 0 Å². The molecule has 4 rings (SSSR count). The number of hydrogen-bond acceptors (Lipinski definition) is 2. The number of hydrogen-bond donors (Lipinski definition) is 2. The van der Waals surface area contributed by atoms with Gasteiger partial charge in [-0.25, -0.2) is 4.39 Å². The molecule has 0 unspecified atom stereocenters. The number of carbonyl (C=O) groups is 1. The van der Waals surface area contributed by atoms with E-state index in [2.05, 4.69) is 30.7 Å². The molecule has 1 aromatic heterocycles. The summed E-state index contributed by atoms with van der Waals surface area (Å²) < 4.78 is 13.5. The van der Waals surface area contributed by atoms with Gasteiger partial charge in [0.2, 0.25) is 0 Å². The van der Waals surface area contributed by atoms with E-state index in [4.69, 9.17) is 0 Å². The molecule has 1 saturated heterocycles. The molecule has 1 aliphatic carbocycles. The second kappa shape index (κ2) is 5.31. The lowest BCUT2D eigenvalue weighted by atomic mass is 9.65. The van der Waals surface area contributed by atoms with Gasteiger partial charge in [-0.1, -0.05) is 20.8 Å². The van der Waals surface area contributed by atoms with E-state index >= 15 is 0 Å². The number of H-pyrrole nitrogens is 1. The Hall–Kier alpha value is -1.88. The van der Waals surface area contributed by atoms with Crippen LogP contribution in [0.5, 0.6) is 0 Å². The average molecular weight is 344 g/mol. The Kier molecular flexibility index (Phi) is 3.52. The number of likely N-dealkylation sites (tertiary alicyclic amines) is 1. The minimum absolute atomic E-state index is 0.165. The van der Waals surface area contributed by atoms with Crippen LogP contribution in [0.3, 0.4) is 0 Å². The summed E-state index contributed by atoms with van der Waals surface area (Å²) in [6.07, 6.45) is 4.93. The average Bonchev–Trinajstić information content (AvgIpc) is 2.97. The number of carboxylic acids is 1. The van der Waals surface area contributed by atoms with Crippen LogP contribution in [0.4, 0.5) is 4.39 Å². The van der Waals surface area contributed by atoms with E-state index in [1.54, 1.807) is 12.3 Å². The molecule has 2 heterocycles. The number of benzene rings is 1. The fourth-order valence-corrected chi connectivity index (χ4v) is 5.61. The molecule has 1 aliphatic heterocycles. The number of aliphatic carboxylic acids is 1. The molecule has 25 heavy (non-hydrogen) atoms. The van der Waals surface area contributed by atoms with Crippen molar-refractivity contribution in [2.45, 2.75) is 52.1 Å². The number of aromatic nitrogens is 1. The highest BCUT2D eigenvalue weighted by Gasteiger charge is 2.52. The quantitative estimate of drug-likeness (QED) is 0.871. The summed E-state index contributed by atoms with van der Waals surface area (Å²) in [7, 11) is 0. The van der Waals surface area contributed by atoms with Gasteiger partial charge < -0.3 is 10.1 Å². The zero-order valence-electron chi connectivity index (χ0n) is 15.0. The zero-order chi connectivity index (χ0) is 18.0. The molecule has 2 bridgehead atoms. The van der Waals surface area contributed by atoms with Crippen molar-refractivity contribution in [2.24, 2.45) is 10.8 Å². The first-order valence-electron chi connectivity index (χ1n) is 8.93.